The predicted molar refractivity (Wildman–Crippen MR) is 60.3 cm³/mol. The Kier molecular flexibility index (Phi) is 7.48. The molecule has 1 aliphatic heterocycles. The lowest BCUT2D eigenvalue weighted by molar-refractivity contribution is -0.119. The maximum atomic E-state index is 10.7. The van der Waals surface area contributed by atoms with E-state index in [1.807, 2.05) is 13.8 Å². The summed E-state index contributed by atoms with van der Waals surface area (Å²) in [5.41, 5.74) is 0. The van der Waals surface area contributed by atoms with Gasteiger partial charge < -0.3 is 10.2 Å². The predicted octanol–water partition coefficient (Wildman–Crippen LogP) is 1.63. The highest BCUT2D eigenvalue weighted by Gasteiger charge is 2.18. The second-order valence-electron chi connectivity index (χ2n) is 3.57. The van der Waals surface area contributed by atoms with Crippen LogP contribution in [0.1, 0.15) is 40.0 Å². The summed E-state index contributed by atoms with van der Waals surface area (Å²) in [6, 6.07) is 0.558. The summed E-state index contributed by atoms with van der Waals surface area (Å²) in [6.45, 7) is 7.55. The molecule has 0 aromatic carbocycles. The van der Waals surface area contributed by atoms with Crippen LogP contribution in [-0.2, 0) is 4.79 Å². The van der Waals surface area contributed by atoms with E-state index in [-0.39, 0.29) is 5.91 Å². The van der Waals surface area contributed by atoms with E-state index in [0.717, 1.165) is 6.54 Å². The number of nitrogens with zero attached hydrogens (tertiary/aromatic N) is 1. The summed E-state index contributed by atoms with van der Waals surface area (Å²) in [5.74, 6) is 0.0778. The summed E-state index contributed by atoms with van der Waals surface area (Å²) in [6.07, 6.45) is 3.82. The molecule has 1 rings (SSSR count). The molecule has 3 heteroatoms. The third kappa shape index (κ3) is 5.22. The fourth-order valence-corrected chi connectivity index (χ4v) is 1.66. The van der Waals surface area contributed by atoms with Gasteiger partial charge in [-0.25, -0.2) is 0 Å². The Hall–Kier alpha value is -0.570. The molecule has 3 nitrogen and oxygen atoms in total. The van der Waals surface area contributed by atoms with Crippen molar-refractivity contribution in [1.82, 2.24) is 10.2 Å². The molecule has 1 aliphatic rings. The van der Waals surface area contributed by atoms with Gasteiger partial charge in [0.25, 0.3) is 0 Å². The van der Waals surface area contributed by atoms with Crippen LogP contribution < -0.4 is 5.32 Å². The fourth-order valence-electron chi connectivity index (χ4n) is 1.66. The van der Waals surface area contributed by atoms with Crippen LogP contribution in [0.4, 0.5) is 0 Å². The first kappa shape index (κ1) is 13.4. The van der Waals surface area contributed by atoms with Crippen LogP contribution in [0.2, 0.25) is 0 Å². The summed E-state index contributed by atoms with van der Waals surface area (Å²) < 4.78 is 0. The second-order valence-corrected chi connectivity index (χ2v) is 3.57. The van der Waals surface area contributed by atoms with Crippen LogP contribution in [0.5, 0.6) is 0 Å². The topological polar surface area (TPSA) is 32.3 Å². The van der Waals surface area contributed by atoms with Gasteiger partial charge in [0.15, 0.2) is 0 Å². The third-order valence-electron chi connectivity index (χ3n) is 2.51. The van der Waals surface area contributed by atoms with Gasteiger partial charge in [0.1, 0.15) is 0 Å². The van der Waals surface area contributed by atoms with Crippen LogP contribution in [0.25, 0.3) is 0 Å². The minimum Gasteiger partial charge on any atom is -0.355 e. The number of nitrogens with one attached hydrogen (secondary N) is 1. The first-order valence-corrected chi connectivity index (χ1v) is 5.65. The van der Waals surface area contributed by atoms with Gasteiger partial charge in [-0.2, -0.15) is 0 Å². The fraction of sp³-hybridized carbons (Fsp3) is 0.909. The molecule has 1 fully saturated rings. The Morgan fingerprint density at radius 1 is 1.43 bits per heavy atom. The molecule has 0 radical (unpaired) electrons. The lowest BCUT2D eigenvalue weighted by Gasteiger charge is -2.32. The summed E-state index contributed by atoms with van der Waals surface area (Å²) in [5, 5.41) is 2.87. The molecular weight excluding hydrogens is 176 g/mol. The SMILES string of the molecule is CC.CC(=O)NCC1CCCCN1C. The van der Waals surface area contributed by atoms with Crippen molar-refractivity contribution < 1.29 is 4.79 Å². The van der Waals surface area contributed by atoms with Crippen molar-refractivity contribution in [3.05, 3.63) is 0 Å². The molecule has 14 heavy (non-hydrogen) atoms. The number of rotatable bonds is 2. The van der Waals surface area contributed by atoms with Gasteiger partial charge in [-0.15, -0.1) is 0 Å². The number of amides is 1. The zero-order valence-electron chi connectivity index (χ0n) is 9.97. The number of carbonyl (C=O) groups excluding carboxylic acids is 1. The van der Waals surface area contributed by atoms with Crippen LogP contribution in [0.15, 0.2) is 0 Å². The number of likely N-dealkylation sites (N-methyl/N-ethyl adjacent to an activating group) is 1. The average molecular weight is 200 g/mol. The first-order chi connectivity index (χ1) is 6.70. The first-order valence-electron chi connectivity index (χ1n) is 5.65. The number of piperidine rings is 1. The Labute approximate surface area is 87.9 Å². The molecule has 0 spiro atoms. The molecule has 0 bridgehead atoms. The average Bonchev–Trinajstić information content (AvgIpc) is 2.19. The van der Waals surface area contributed by atoms with Crippen molar-refractivity contribution in [3.63, 3.8) is 0 Å². The Bertz CT molecular complexity index is 159. The van der Waals surface area contributed by atoms with Crippen molar-refractivity contribution >= 4 is 5.91 Å². The summed E-state index contributed by atoms with van der Waals surface area (Å²) >= 11 is 0. The van der Waals surface area contributed by atoms with Crippen LogP contribution in [0, 0.1) is 0 Å². The molecule has 1 heterocycles. The largest absolute Gasteiger partial charge is 0.355 e. The summed E-state index contributed by atoms with van der Waals surface area (Å²) in [4.78, 5) is 13.0. The zero-order valence-corrected chi connectivity index (χ0v) is 9.97. The highest BCUT2D eigenvalue weighted by atomic mass is 16.1. The van der Waals surface area contributed by atoms with E-state index < -0.39 is 0 Å². The smallest absolute Gasteiger partial charge is 0.216 e. The van der Waals surface area contributed by atoms with E-state index in [2.05, 4.69) is 17.3 Å². The van der Waals surface area contributed by atoms with Gasteiger partial charge in [-0.3, -0.25) is 4.79 Å². The molecule has 84 valence electrons. The number of carbonyl (C=O) groups is 1. The molecule has 0 saturated carbocycles. The highest BCUT2D eigenvalue weighted by molar-refractivity contribution is 5.72. The van der Waals surface area contributed by atoms with Crippen molar-refractivity contribution in [3.8, 4) is 0 Å². The Balaban J connectivity index is 0.000000791. The Morgan fingerprint density at radius 2 is 2.07 bits per heavy atom. The van der Waals surface area contributed by atoms with Gasteiger partial charge in [0.2, 0.25) is 5.91 Å². The minimum atomic E-state index is 0.0778. The molecule has 1 amide bonds. The quantitative estimate of drug-likeness (QED) is 0.735. The lowest BCUT2D eigenvalue weighted by Crippen LogP contribution is -2.44. The van der Waals surface area contributed by atoms with E-state index in [9.17, 15) is 4.79 Å². The van der Waals surface area contributed by atoms with Crippen molar-refractivity contribution in [2.45, 2.75) is 46.1 Å². The maximum Gasteiger partial charge on any atom is 0.216 e. The van der Waals surface area contributed by atoms with E-state index in [1.54, 1.807) is 6.92 Å². The molecule has 1 atom stereocenters. The van der Waals surface area contributed by atoms with Crippen molar-refractivity contribution in [1.29, 1.82) is 0 Å². The molecule has 1 unspecified atom stereocenters. The minimum absolute atomic E-state index is 0.0778. The van der Waals surface area contributed by atoms with E-state index in [1.165, 1.54) is 25.8 Å². The molecule has 0 aliphatic carbocycles. The van der Waals surface area contributed by atoms with E-state index in [0.29, 0.717) is 6.04 Å². The molecule has 0 aromatic heterocycles. The molecule has 1 N–H and O–H groups in total. The van der Waals surface area contributed by atoms with E-state index in [4.69, 9.17) is 0 Å². The lowest BCUT2D eigenvalue weighted by atomic mass is 10.0. The van der Waals surface area contributed by atoms with Crippen LogP contribution in [-0.4, -0.2) is 37.0 Å². The molecule has 0 aromatic rings. The monoisotopic (exact) mass is 200 g/mol. The van der Waals surface area contributed by atoms with Crippen molar-refractivity contribution in [2.24, 2.45) is 0 Å². The molecular formula is C11H24N2O. The van der Waals surface area contributed by atoms with Gasteiger partial charge in [-0.05, 0) is 26.4 Å². The zero-order chi connectivity index (χ0) is 11.0. The van der Waals surface area contributed by atoms with Gasteiger partial charge in [-0.1, -0.05) is 20.3 Å². The van der Waals surface area contributed by atoms with Crippen LogP contribution >= 0.6 is 0 Å². The standard InChI is InChI=1S/C9H18N2O.C2H6/c1-8(12)10-7-9-5-3-4-6-11(9)2;1-2/h9H,3-7H2,1-2H3,(H,10,12);1-2H3. The molecule has 1 saturated heterocycles. The normalized spacial score (nSPS) is 22.1. The number of hydrogen-bond donors (Lipinski definition) is 1. The van der Waals surface area contributed by atoms with Gasteiger partial charge in [0, 0.05) is 19.5 Å². The van der Waals surface area contributed by atoms with Gasteiger partial charge in [0.05, 0.1) is 0 Å². The van der Waals surface area contributed by atoms with Gasteiger partial charge >= 0.3 is 0 Å². The van der Waals surface area contributed by atoms with Crippen LogP contribution in [0.3, 0.4) is 0 Å². The maximum absolute atomic E-state index is 10.7. The number of likely N-dealkylation sites (tertiary alicyclic amines) is 1. The third-order valence-corrected chi connectivity index (χ3v) is 2.51. The van der Waals surface area contributed by atoms with Crippen molar-refractivity contribution in [2.75, 3.05) is 20.1 Å². The second kappa shape index (κ2) is 7.80. The van der Waals surface area contributed by atoms with E-state index >= 15 is 0 Å². The summed E-state index contributed by atoms with van der Waals surface area (Å²) in [7, 11) is 2.13. The number of hydrogen-bond acceptors (Lipinski definition) is 2. The Morgan fingerprint density at radius 3 is 2.57 bits per heavy atom. The highest BCUT2D eigenvalue weighted by Crippen LogP contribution is 2.13.